The molecule has 0 radical (unpaired) electrons. The summed E-state index contributed by atoms with van der Waals surface area (Å²) in [5.74, 6) is 0. The zero-order chi connectivity index (χ0) is 20.9. The summed E-state index contributed by atoms with van der Waals surface area (Å²) in [6.45, 7) is 4.46. The second-order valence-electron chi connectivity index (χ2n) is 7.79. The molecule has 29 heavy (non-hydrogen) atoms. The summed E-state index contributed by atoms with van der Waals surface area (Å²) in [5.41, 5.74) is 0. The number of hydrogen-bond acceptors (Lipinski definition) is 7. The second kappa shape index (κ2) is 21.1. The molecule has 0 aromatic rings. The van der Waals surface area contributed by atoms with Crippen molar-refractivity contribution in [3.05, 3.63) is 0 Å². The van der Waals surface area contributed by atoms with Crippen LogP contribution in [0, 0.1) is 0 Å². The molecule has 1 saturated heterocycles. The molecule has 0 aromatic heterocycles. The molecular formula is C15H44O7Si7. The molecule has 0 saturated carbocycles. The molecule has 1 aliphatic rings. The van der Waals surface area contributed by atoms with Gasteiger partial charge < -0.3 is 28.8 Å². The van der Waals surface area contributed by atoms with Crippen LogP contribution in [0.3, 0.4) is 0 Å². The van der Waals surface area contributed by atoms with Crippen molar-refractivity contribution in [1.82, 2.24) is 0 Å². The van der Waals surface area contributed by atoms with Gasteiger partial charge in [-0.25, -0.2) is 0 Å². The maximum Gasteiger partial charge on any atom is 0.316 e. The standard InChI is InChI=1S/C15H44O7Si7/c1-3-4-5-6-7-8-9-10-11-12-13-14-15-29(2)21-27-19-25-17-23-16-24-18-26-20-28-22-29/h3-15,23-28H2,1-2H3. The van der Waals surface area contributed by atoms with E-state index >= 15 is 0 Å². The molecule has 174 valence electrons. The Labute approximate surface area is 193 Å². The SMILES string of the molecule is CCCCCCCCCCCCCC[Si]1(C)O[SiH2]O[SiH2]O[SiH2]O[SiH2]O[SiH2]O[SiH2]O1. The molecule has 0 unspecified atom stereocenters. The van der Waals surface area contributed by atoms with Gasteiger partial charge in [0.15, 0.2) is 0 Å². The third-order valence-electron chi connectivity index (χ3n) is 5.05. The van der Waals surface area contributed by atoms with E-state index in [1.54, 1.807) is 0 Å². The molecule has 0 aliphatic carbocycles. The van der Waals surface area contributed by atoms with E-state index in [1.165, 1.54) is 77.0 Å². The average molecular weight is 533 g/mol. The molecule has 1 aliphatic heterocycles. The molecule has 0 amide bonds. The summed E-state index contributed by atoms with van der Waals surface area (Å²) in [5, 5.41) is 0. The van der Waals surface area contributed by atoms with Crippen LogP contribution in [0.15, 0.2) is 0 Å². The van der Waals surface area contributed by atoms with E-state index < -0.39 is 68.6 Å². The fourth-order valence-electron chi connectivity index (χ4n) is 3.21. The largest absolute Gasteiger partial charge is 0.425 e. The van der Waals surface area contributed by atoms with Crippen LogP contribution in [0.4, 0.5) is 0 Å². The van der Waals surface area contributed by atoms with Gasteiger partial charge in [-0.15, -0.1) is 0 Å². The van der Waals surface area contributed by atoms with Crippen molar-refractivity contribution < 1.29 is 28.8 Å². The molecule has 1 fully saturated rings. The lowest BCUT2D eigenvalue weighted by molar-refractivity contribution is 0.320. The Hall–Kier alpha value is 1.24. The summed E-state index contributed by atoms with van der Waals surface area (Å²) in [4.78, 5) is 0. The predicted octanol–water partition coefficient (Wildman–Crippen LogP) is -0.118. The maximum absolute atomic E-state index is 6.18. The molecule has 0 aromatic carbocycles. The van der Waals surface area contributed by atoms with Crippen LogP contribution in [0.5, 0.6) is 0 Å². The van der Waals surface area contributed by atoms with Crippen molar-refractivity contribution in [2.45, 2.75) is 96.6 Å². The van der Waals surface area contributed by atoms with Gasteiger partial charge in [0.25, 0.3) is 60.0 Å². The van der Waals surface area contributed by atoms with Crippen LogP contribution in [0.1, 0.15) is 84.0 Å². The fourth-order valence-corrected chi connectivity index (χ4v) is 18.0. The van der Waals surface area contributed by atoms with Gasteiger partial charge in [-0.3, -0.25) is 0 Å². The van der Waals surface area contributed by atoms with E-state index in [0.717, 1.165) is 6.04 Å². The van der Waals surface area contributed by atoms with E-state index in [0.29, 0.717) is 0 Å². The maximum atomic E-state index is 6.18. The molecule has 0 bridgehead atoms. The van der Waals surface area contributed by atoms with E-state index in [1.807, 2.05) is 0 Å². The number of hydrogen-bond donors (Lipinski definition) is 0. The van der Waals surface area contributed by atoms with Crippen molar-refractivity contribution in [2.24, 2.45) is 0 Å². The Morgan fingerprint density at radius 3 is 1.24 bits per heavy atom. The first-order valence-electron chi connectivity index (χ1n) is 11.4. The molecule has 14 heteroatoms. The Morgan fingerprint density at radius 2 is 0.828 bits per heavy atom. The lowest BCUT2D eigenvalue weighted by Gasteiger charge is -2.28. The minimum atomic E-state index is -2.14. The number of rotatable bonds is 13. The van der Waals surface area contributed by atoms with Gasteiger partial charge in [-0.1, -0.05) is 84.0 Å². The van der Waals surface area contributed by atoms with Gasteiger partial charge in [0.2, 0.25) is 0 Å². The highest BCUT2D eigenvalue weighted by Gasteiger charge is 2.30. The van der Waals surface area contributed by atoms with Gasteiger partial charge in [0, 0.05) is 0 Å². The van der Waals surface area contributed by atoms with Gasteiger partial charge in [-0.05, 0) is 12.6 Å². The van der Waals surface area contributed by atoms with Crippen LogP contribution >= 0.6 is 0 Å². The van der Waals surface area contributed by atoms with Gasteiger partial charge in [0.1, 0.15) is 0 Å². The molecule has 1 heterocycles. The second-order valence-corrected chi connectivity index (χ2v) is 22.4. The van der Waals surface area contributed by atoms with Crippen LogP contribution in [-0.4, -0.2) is 68.6 Å². The Kier molecular flexibility index (Phi) is 20.6. The fraction of sp³-hybridized carbons (Fsp3) is 1.00. The van der Waals surface area contributed by atoms with E-state index in [-0.39, 0.29) is 0 Å². The van der Waals surface area contributed by atoms with E-state index in [9.17, 15) is 0 Å². The topological polar surface area (TPSA) is 64.6 Å². The molecule has 0 spiro atoms. The molecular weight excluding hydrogens is 489 g/mol. The van der Waals surface area contributed by atoms with Gasteiger partial charge in [0.05, 0.1) is 0 Å². The highest BCUT2D eigenvalue weighted by Crippen LogP contribution is 2.19. The third-order valence-corrected chi connectivity index (χ3v) is 18.8. The highest BCUT2D eigenvalue weighted by molar-refractivity contribution is 6.74. The summed E-state index contributed by atoms with van der Waals surface area (Å²) in [6.07, 6.45) is 16.4. The molecule has 1 rings (SSSR count). The minimum Gasteiger partial charge on any atom is -0.425 e. The number of unbranched alkanes of at least 4 members (excludes halogenated alkanes) is 11. The van der Waals surface area contributed by atoms with Crippen molar-refractivity contribution in [3.63, 3.8) is 0 Å². The minimum absolute atomic E-state index is 0.895. The van der Waals surface area contributed by atoms with E-state index in [2.05, 4.69) is 13.5 Å². The quantitative estimate of drug-likeness (QED) is 0.242. The van der Waals surface area contributed by atoms with Gasteiger partial charge >= 0.3 is 8.56 Å². The van der Waals surface area contributed by atoms with Crippen molar-refractivity contribution >= 4 is 68.6 Å². The highest BCUT2D eigenvalue weighted by atomic mass is 28.5. The normalized spacial score (nSPS) is 27.9. The summed E-state index contributed by atoms with van der Waals surface area (Å²) in [6, 6.07) is 1.05. The third kappa shape index (κ3) is 18.5. The van der Waals surface area contributed by atoms with Crippen LogP contribution in [0.25, 0.3) is 0 Å². The molecule has 0 N–H and O–H groups in total. The lowest BCUT2D eigenvalue weighted by atomic mass is 10.1. The van der Waals surface area contributed by atoms with Crippen LogP contribution in [-0.2, 0) is 28.8 Å². The monoisotopic (exact) mass is 532 g/mol. The molecule has 7 nitrogen and oxygen atoms in total. The molecule has 0 atom stereocenters. The first kappa shape index (κ1) is 28.3. The van der Waals surface area contributed by atoms with E-state index in [4.69, 9.17) is 28.8 Å². The summed E-state index contributed by atoms with van der Waals surface area (Å²) < 4.78 is 40.2. The Bertz CT molecular complexity index is 347. The van der Waals surface area contributed by atoms with Crippen LogP contribution in [0.2, 0.25) is 12.6 Å². The van der Waals surface area contributed by atoms with Crippen molar-refractivity contribution in [3.8, 4) is 0 Å². The van der Waals surface area contributed by atoms with Crippen LogP contribution < -0.4 is 0 Å². The van der Waals surface area contributed by atoms with Crippen molar-refractivity contribution in [1.29, 1.82) is 0 Å². The smallest absolute Gasteiger partial charge is 0.316 e. The van der Waals surface area contributed by atoms with Gasteiger partial charge in [-0.2, -0.15) is 0 Å². The predicted molar refractivity (Wildman–Crippen MR) is 136 cm³/mol. The lowest BCUT2D eigenvalue weighted by Crippen LogP contribution is -2.42. The summed E-state index contributed by atoms with van der Waals surface area (Å²) >= 11 is 0. The Morgan fingerprint density at radius 1 is 0.483 bits per heavy atom. The first-order valence-corrected chi connectivity index (χ1v) is 20.9. The summed E-state index contributed by atoms with van der Waals surface area (Å²) in [7, 11) is -7.79. The Balaban J connectivity index is 2.07. The first-order chi connectivity index (χ1) is 14.3. The zero-order valence-electron chi connectivity index (χ0n) is 18.8. The van der Waals surface area contributed by atoms with Crippen molar-refractivity contribution in [2.75, 3.05) is 0 Å². The zero-order valence-corrected chi connectivity index (χ0v) is 28.3. The average Bonchev–Trinajstić information content (AvgIpc) is 2.72.